The van der Waals surface area contributed by atoms with E-state index in [2.05, 4.69) is 18.2 Å². The second-order valence-corrected chi connectivity index (χ2v) is 8.01. The molecule has 2 aromatic carbocycles. The molecule has 2 heterocycles. The van der Waals surface area contributed by atoms with E-state index in [1.54, 1.807) is 0 Å². The van der Waals surface area contributed by atoms with Crippen molar-refractivity contribution in [2.45, 2.75) is 29.7 Å². The predicted octanol–water partition coefficient (Wildman–Crippen LogP) is 2.41. The van der Waals surface area contributed by atoms with Gasteiger partial charge in [-0.15, -0.1) is 0 Å². The van der Waals surface area contributed by atoms with Gasteiger partial charge in [-0.25, -0.2) is 13.6 Å². The first kappa shape index (κ1) is 15.4. The molecular weight excluding hydrogens is 324 g/mol. The number of nitrogens with two attached hydrogens (primary N) is 1. The number of fused-ring (bicyclic) bond motifs is 2. The topological polar surface area (TPSA) is 80.5 Å². The highest BCUT2D eigenvalue weighted by Gasteiger charge is 2.40. The Labute approximate surface area is 141 Å². The van der Waals surface area contributed by atoms with Gasteiger partial charge in [-0.1, -0.05) is 24.3 Å². The third-order valence-electron chi connectivity index (χ3n) is 5.07. The quantitative estimate of drug-likeness (QED) is 0.910. The number of benzene rings is 2. The Morgan fingerprint density at radius 1 is 1.00 bits per heavy atom. The molecule has 0 aromatic heterocycles. The molecule has 2 atom stereocenters. The number of piperidine rings is 1. The highest BCUT2D eigenvalue weighted by Crippen LogP contribution is 2.46. The first-order valence-corrected chi connectivity index (χ1v) is 9.52. The zero-order chi connectivity index (χ0) is 16.9. The van der Waals surface area contributed by atoms with Gasteiger partial charge in [-0.3, -0.25) is 4.79 Å². The van der Waals surface area contributed by atoms with E-state index in [1.807, 2.05) is 11.0 Å². The molecule has 2 aliphatic heterocycles. The molecular formula is C18H18N2O3S. The number of rotatable bonds is 2. The summed E-state index contributed by atoms with van der Waals surface area (Å²) in [7, 11) is -3.74. The van der Waals surface area contributed by atoms with E-state index in [-0.39, 0.29) is 16.8 Å². The third kappa shape index (κ3) is 2.42. The summed E-state index contributed by atoms with van der Waals surface area (Å²) in [5, 5.41) is 5.11. The van der Waals surface area contributed by atoms with Crippen LogP contribution in [0.2, 0.25) is 0 Å². The molecule has 1 saturated heterocycles. The van der Waals surface area contributed by atoms with Gasteiger partial charge in [0.1, 0.15) is 0 Å². The predicted molar refractivity (Wildman–Crippen MR) is 90.0 cm³/mol. The Morgan fingerprint density at radius 2 is 1.67 bits per heavy atom. The molecule has 0 saturated carbocycles. The maximum absolute atomic E-state index is 12.9. The van der Waals surface area contributed by atoms with Crippen molar-refractivity contribution in [2.24, 2.45) is 5.14 Å². The lowest BCUT2D eigenvalue weighted by atomic mass is 9.75. The highest BCUT2D eigenvalue weighted by molar-refractivity contribution is 7.89. The maximum Gasteiger partial charge on any atom is 0.254 e. The van der Waals surface area contributed by atoms with E-state index < -0.39 is 10.0 Å². The van der Waals surface area contributed by atoms with E-state index in [0.717, 1.165) is 19.4 Å². The largest absolute Gasteiger partial charge is 0.331 e. The molecule has 1 amide bonds. The van der Waals surface area contributed by atoms with E-state index >= 15 is 0 Å². The van der Waals surface area contributed by atoms with Crippen LogP contribution in [0.3, 0.4) is 0 Å². The summed E-state index contributed by atoms with van der Waals surface area (Å²) < 4.78 is 22.7. The minimum atomic E-state index is -3.74. The molecule has 1 aliphatic carbocycles. The average molecular weight is 342 g/mol. The van der Waals surface area contributed by atoms with Crippen molar-refractivity contribution in [2.75, 3.05) is 6.54 Å². The average Bonchev–Trinajstić information content (AvgIpc) is 2.61. The number of hydrogen-bond donors (Lipinski definition) is 1. The van der Waals surface area contributed by atoms with Gasteiger partial charge >= 0.3 is 0 Å². The van der Waals surface area contributed by atoms with Crippen molar-refractivity contribution < 1.29 is 13.2 Å². The van der Waals surface area contributed by atoms with Crippen molar-refractivity contribution in [1.29, 1.82) is 0 Å². The van der Waals surface area contributed by atoms with E-state index in [0.29, 0.717) is 11.5 Å². The molecule has 3 aliphatic rings. The molecule has 1 fully saturated rings. The van der Waals surface area contributed by atoms with Gasteiger partial charge in [-0.05, 0) is 48.2 Å². The fourth-order valence-electron chi connectivity index (χ4n) is 3.91. The first-order valence-electron chi connectivity index (χ1n) is 7.98. The van der Waals surface area contributed by atoms with E-state index in [9.17, 15) is 13.2 Å². The van der Waals surface area contributed by atoms with Crippen LogP contribution in [-0.2, 0) is 10.0 Å². The van der Waals surface area contributed by atoms with Crippen LogP contribution < -0.4 is 5.14 Å². The van der Waals surface area contributed by atoms with Crippen molar-refractivity contribution >= 4 is 15.9 Å². The normalized spacial score (nSPS) is 22.3. The maximum atomic E-state index is 12.9. The van der Waals surface area contributed by atoms with Crippen LogP contribution in [0.1, 0.15) is 46.3 Å². The van der Waals surface area contributed by atoms with Crippen molar-refractivity contribution in [3.8, 4) is 0 Å². The number of sulfonamides is 1. The zero-order valence-electron chi connectivity index (χ0n) is 13.1. The fraction of sp³-hybridized carbons (Fsp3) is 0.278. The monoisotopic (exact) mass is 342 g/mol. The minimum Gasteiger partial charge on any atom is -0.331 e. The fourth-order valence-corrected chi connectivity index (χ4v) is 4.43. The molecule has 2 bridgehead atoms. The Morgan fingerprint density at radius 3 is 2.33 bits per heavy atom. The summed E-state index contributed by atoms with van der Waals surface area (Å²) in [5.41, 5.74) is 3.10. The molecule has 5 rings (SSSR count). The Bertz CT molecular complexity index is 906. The van der Waals surface area contributed by atoms with Gasteiger partial charge in [0, 0.05) is 18.0 Å². The number of primary sulfonamides is 1. The van der Waals surface area contributed by atoms with E-state index in [4.69, 9.17) is 5.14 Å². The second-order valence-electron chi connectivity index (χ2n) is 6.45. The SMILES string of the molecule is NS(=O)(=O)c1ccc(C(=O)N2C[C@H]3CC[C@H]2c2ccccc23)cc1. The lowest BCUT2D eigenvalue weighted by Crippen LogP contribution is -2.45. The smallest absolute Gasteiger partial charge is 0.254 e. The van der Waals surface area contributed by atoms with Crippen LogP contribution in [-0.4, -0.2) is 25.8 Å². The molecule has 124 valence electrons. The van der Waals surface area contributed by atoms with Crippen LogP contribution in [0.15, 0.2) is 53.4 Å². The molecule has 24 heavy (non-hydrogen) atoms. The standard InChI is InChI=1S/C18H18N2O3S/c19-24(22,23)14-8-5-12(6-9-14)18(21)20-11-13-7-10-17(20)16-4-2-1-3-15(13)16/h1-6,8-9,13,17H,7,10-11H2,(H2,19,22,23)/t13-,17+/m1/s1. The molecule has 5 nitrogen and oxygen atoms in total. The van der Waals surface area contributed by atoms with Gasteiger partial charge < -0.3 is 4.90 Å². The lowest BCUT2D eigenvalue weighted by molar-refractivity contribution is 0.0541. The van der Waals surface area contributed by atoms with Crippen LogP contribution >= 0.6 is 0 Å². The molecule has 0 spiro atoms. The van der Waals surface area contributed by atoms with Gasteiger partial charge in [0.25, 0.3) is 5.91 Å². The third-order valence-corrected chi connectivity index (χ3v) is 6.00. The summed E-state index contributed by atoms with van der Waals surface area (Å²) in [6.45, 7) is 0.720. The van der Waals surface area contributed by atoms with Gasteiger partial charge in [-0.2, -0.15) is 0 Å². The van der Waals surface area contributed by atoms with Crippen molar-refractivity contribution in [1.82, 2.24) is 4.90 Å². The molecule has 2 aromatic rings. The Hall–Kier alpha value is -2.18. The van der Waals surface area contributed by atoms with E-state index in [1.165, 1.54) is 35.4 Å². The van der Waals surface area contributed by atoms with Crippen LogP contribution in [0.25, 0.3) is 0 Å². The van der Waals surface area contributed by atoms with Crippen LogP contribution in [0.5, 0.6) is 0 Å². The zero-order valence-corrected chi connectivity index (χ0v) is 13.9. The molecule has 0 radical (unpaired) electrons. The Kier molecular flexibility index (Phi) is 3.47. The first-order chi connectivity index (χ1) is 11.4. The number of amides is 1. The van der Waals surface area contributed by atoms with Crippen molar-refractivity contribution in [3.63, 3.8) is 0 Å². The number of carbonyl (C=O) groups excluding carboxylic acids is 1. The minimum absolute atomic E-state index is 0.0181. The summed E-state index contributed by atoms with van der Waals surface area (Å²) in [6.07, 6.45) is 2.08. The van der Waals surface area contributed by atoms with Crippen LogP contribution in [0, 0.1) is 0 Å². The summed E-state index contributed by atoms with van der Waals surface area (Å²) in [5.74, 6) is 0.332. The number of hydrogen-bond acceptors (Lipinski definition) is 3. The van der Waals surface area contributed by atoms with Gasteiger partial charge in [0.05, 0.1) is 10.9 Å². The van der Waals surface area contributed by atoms with Gasteiger partial charge in [0.2, 0.25) is 10.0 Å². The second kappa shape index (κ2) is 5.43. The van der Waals surface area contributed by atoms with Crippen LogP contribution in [0.4, 0.5) is 0 Å². The summed E-state index contributed by atoms with van der Waals surface area (Å²) in [6, 6.07) is 14.3. The van der Waals surface area contributed by atoms with Crippen molar-refractivity contribution in [3.05, 3.63) is 65.2 Å². The number of carbonyl (C=O) groups is 1. The van der Waals surface area contributed by atoms with Gasteiger partial charge in [0.15, 0.2) is 0 Å². The summed E-state index contributed by atoms with van der Waals surface area (Å²) in [4.78, 5) is 14.8. The molecule has 0 unspecified atom stereocenters. The Balaban J connectivity index is 1.65. The molecule has 2 N–H and O–H groups in total. The summed E-state index contributed by atoms with van der Waals surface area (Å²) >= 11 is 0. The molecule has 6 heteroatoms. The number of nitrogens with zero attached hydrogens (tertiary/aromatic N) is 1. The highest BCUT2D eigenvalue weighted by atomic mass is 32.2. The lowest BCUT2D eigenvalue weighted by Gasteiger charge is -2.46.